The predicted molar refractivity (Wildman–Crippen MR) is 108 cm³/mol. The summed E-state index contributed by atoms with van der Waals surface area (Å²) < 4.78 is 0. The second-order valence-electron chi connectivity index (χ2n) is 6.61. The minimum atomic E-state index is -2.01. The molecular weight excluding hydrogens is 322 g/mol. The molecule has 16 radical (unpaired) electrons. The summed E-state index contributed by atoms with van der Waals surface area (Å²) in [5.41, 5.74) is 6.22. The summed E-state index contributed by atoms with van der Waals surface area (Å²) in [7, 11) is 48.8. The van der Waals surface area contributed by atoms with E-state index in [1.807, 2.05) is 0 Å². The third-order valence-electron chi connectivity index (χ3n) is 4.87. The van der Waals surface area contributed by atoms with Crippen molar-refractivity contribution in [2.45, 2.75) is 22.2 Å². The Kier molecular flexibility index (Phi) is 3.97. The zero-order chi connectivity index (χ0) is 19.1. The normalized spacial score (nSPS) is 24.0. The number of amides is 1. The second kappa shape index (κ2) is 5.28. The van der Waals surface area contributed by atoms with E-state index in [1.165, 1.54) is 0 Å². The molecule has 2 aromatic rings. The molecule has 0 fully saturated rings. The van der Waals surface area contributed by atoms with E-state index in [9.17, 15) is 4.79 Å². The Bertz CT molecular complexity index is 940. The van der Waals surface area contributed by atoms with Crippen molar-refractivity contribution in [2.75, 3.05) is 0 Å². The zero-order valence-electron chi connectivity index (χ0n) is 13.2. The minimum Gasteiger partial charge on any atom is -0.370 e. The molecule has 1 aromatic carbocycles. The maximum absolute atomic E-state index is 12.2. The van der Waals surface area contributed by atoms with E-state index < -0.39 is 21.6 Å². The molecule has 104 valence electrons. The van der Waals surface area contributed by atoms with E-state index in [0.717, 1.165) is 0 Å². The molecule has 1 aromatic heterocycles. The van der Waals surface area contributed by atoms with Gasteiger partial charge in [-0.3, -0.25) is 4.79 Å². The number of halogens is 1. The fourth-order valence-corrected chi connectivity index (χ4v) is 3.73. The van der Waals surface area contributed by atoms with Crippen molar-refractivity contribution >= 4 is 108 Å². The number of aromatic nitrogens is 1. The number of carbonyl (C=O) groups excluding carboxylic acids is 1. The average molecular weight is 327 g/mol. The lowest BCUT2D eigenvalue weighted by Gasteiger charge is -2.53. The summed E-state index contributed by atoms with van der Waals surface area (Å²) in [4.78, 5) is 15.1. The van der Waals surface area contributed by atoms with Crippen LogP contribution in [0, 0.1) is 0 Å². The van der Waals surface area contributed by atoms with E-state index in [1.54, 1.807) is 0 Å². The smallest absolute Gasteiger partial charge is 0.219 e. The molecule has 3 nitrogen and oxygen atoms in total. The number of H-pyrrole nitrogens is 1. The summed E-state index contributed by atoms with van der Waals surface area (Å²) in [6, 6.07) is 0. The fraction of sp³-hybridized carbons (Fsp3) is 0.308. The van der Waals surface area contributed by atoms with Crippen LogP contribution in [0.1, 0.15) is 17.7 Å². The number of nitrogens with one attached hydrogen (secondary N) is 1. The summed E-state index contributed by atoms with van der Waals surface area (Å²) in [5.74, 6) is -0.975. The van der Waals surface area contributed by atoms with E-state index in [2.05, 4.69) is 4.98 Å². The first kappa shape index (κ1) is 18.8. The van der Waals surface area contributed by atoms with Crippen molar-refractivity contribution in [2.24, 2.45) is 5.73 Å². The monoisotopic (exact) mass is 328 g/mol. The maximum atomic E-state index is 12.2. The molecule has 25 heavy (non-hydrogen) atoms. The second-order valence-corrected chi connectivity index (χ2v) is 6.99. The lowest BCUT2D eigenvalue weighted by Crippen LogP contribution is -2.58. The summed E-state index contributed by atoms with van der Waals surface area (Å²) >= 11 is 6.15. The number of aromatic amines is 1. The largest absolute Gasteiger partial charge is 0.370 e. The van der Waals surface area contributed by atoms with E-state index >= 15 is 0 Å². The molecule has 0 bridgehead atoms. The number of nitrogens with two attached hydrogens (primary N) is 1. The van der Waals surface area contributed by atoms with E-state index in [-0.39, 0.29) is 44.6 Å². The molecule has 0 aliphatic heterocycles. The van der Waals surface area contributed by atoms with Gasteiger partial charge in [-0.15, -0.1) is 0 Å². The van der Waals surface area contributed by atoms with Gasteiger partial charge in [-0.05, 0) is 10.9 Å². The molecule has 1 amide bonds. The minimum absolute atomic E-state index is 0.0244. The zero-order valence-corrected chi connectivity index (χ0v) is 13.9. The van der Waals surface area contributed by atoms with Crippen LogP contribution in [0.25, 0.3) is 10.9 Å². The van der Waals surface area contributed by atoms with Gasteiger partial charge in [0, 0.05) is 21.5 Å². The first-order valence-corrected chi connectivity index (χ1v) is 7.58. The van der Waals surface area contributed by atoms with Crippen LogP contribution in [0.5, 0.6) is 0 Å². The van der Waals surface area contributed by atoms with Gasteiger partial charge in [-0.1, -0.05) is 44.8 Å². The van der Waals surface area contributed by atoms with Gasteiger partial charge in [-0.2, -0.15) is 0 Å². The Hall–Kier alpha value is -0.961. The Morgan fingerprint density at radius 1 is 1.04 bits per heavy atom. The van der Waals surface area contributed by atoms with Gasteiger partial charge < -0.3 is 10.7 Å². The Morgan fingerprint density at radius 2 is 1.60 bits per heavy atom. The van der Waals surface area contributed by atoms with Crippen LogP contribution in [0.4, 0.5) is 0 Å². The fourth-order valence-electron chi connectivity index (χ4n) is 3.54. The number of carbonyl (C=O) groups is 1. The van der Waals surface area contributed by atoms with Gasteiger partial charge in [0.15, 0.2) is 0 Å². The molecule has 0 saturated carbocycles. The van der Waals surface area contributed by atoms with Gasteiger partial charge >= 0.3 is 0 Å². The number of rotatable bonds is 1. The predicted octanol–water partition coefficient (Wildman–Crippen LogP) is -3.60. The van der Waals surface area contributed by atoms with Crippen LogP contribution in [-0.4, -0.2) is 73.7 Å². The maximum Gasteiger partial charge on any atom is 0.219 e. The first-order valence-electron chi connectivity index (χ1n) is 7.20. The van der Waals surface area contributed by atoms with Crippen LogP contribution in [0.3, 0.4) is 0 Å². The molecular formula is C13H5B8ClN2O. The SMILES string of the molecule is [B]c1c(Cl)c([B])c2c3c([nH]c2c1[B])C([B])(C(N)=O)C([B])([B])CC3([B])[B]. The quantitative estimate of drug-likeness (QED) is 0.523. The number of fused-ring (bicyclic) bond motifs is 3. The topological polar surface area (TPSA) is 58.9 Å². The molecule has 1 unspecified atom stereocenters. The van der Waals surface area contributed by atoms with Crippen LogP contribution < -0.4 is 22.1 Å². The summed E-state index contributed by atoms with van der Waals surface area (Å²) in [5, 5.41) is -5.11. The van der Waals surface area contributed by atoms with Gasteiger partial charge in [0.25, 0.3) is 0 Å². The third kappa shape index (κ3) is 2.20. The van der Waals surface area contributed by atoms with Crippen molar-refractivity contribution in [3.05, 3.63) is 16.3 Å². The highest BCUT2D eigenvalue weighted by molar-refractivity contribution is 6.63. The highest BCUT2D eigenvalue weighted by atomic mass is 35.5. The first-order chi connectivity index (χ1) is 11.3. The Balaban J connectivity index is 2.59. The third-order valence-corrected chi connectivity index (χ3v) is 5.28. The lowest BCUT2D eigenvalue weighted by molar-refractivity contribution is -0.121. The van der Waals surface area contributed by atoms with Crippen LogP contribution >= 0.6 is 11.6 Å². The van der Waals surface area contributed by atoms with Gasteiger partial charge in [0.2, 0.25) is 5.91 Å². The van der Waals surface area contributed by atoms with Gasteiger partial charge in [0.1, 0.15) is 23.5 Å². The lowest BCUT2D eigenvalue weighted by atomic mass is 9.25. The molecule has 1 atom stereocenters. The highest BCUT2D eigenvalue weighted by Crippen LogP contribution is 2.55. The Morgan fingerprint density at radius 3 is 2.12 bits per heavy atom. The van der Waals surface area contributed by atoms with Crippen LogP contribution in [0.15, 0.2) is 0 Å². The van der Waals surface area contributed by atoms with Crippen molar-refractivity contribution in [1.82, 2.24) is 4.98 Å². The molecule has 3 rings (SSSR count). The molecule has 1 heterocycles. The van der Waals surface area contributed by atoms with Crippen molar-refractivity contribution in [1.29, 1.82) is 0 Å². The molecule has 1 aliphatic rings. The molecule has 3 N–H and O–H groups in total. The Labute approximate surface area is 161 Å². The molecule has 0 spiro atoms. The number of hydrogen-bond donors (Lipinski definition) is 2. The van der Waals surface area contributed by atoms with Gasteiger partial charge in [0.05, 0.1) is 39.2 Å². The van der Waals surface area contributed by atoms with Crippen molar-refractivity contribution < 1.29 is 4.79 Å². The number of benzene rings is 1. The molecule has 0 saturated heterocycles. The van der Waals surface area contributed by atoms with E-state index in [4.69, 9.17) is 80.1 Å². The molecule has 1 aliphatic carbocycles. The summed E-state index contributed by atoms with van der Waals surface area (Å²) in [6.07, 6.45) is -0.263. The molecule has 12 heteroatoms. The van der Waals surface area contributed by atoms with Crippen molar-refractivity contribution in [3.8, 4) is 0 Å². The van der Waals surface area contributed by atoms with E-state index in [0.29, 0.717) is 5.39 Å². The highest BCUT2D eigenvalue weighted by Gasteiger charge is 2.54. The number of primary amides is 1. The number of hydrogen-bond acceptors (Lipinski definition) is 1. The van der Waals surface area contributed by atoms with Crippen molar-refractivity contribution in [3.63, 3.8) is 0 Å². The van der Waals surface area contributed by atoms with Gasteiger partial charge in [-0.25, -0.2) is 0 Å². The standard InChI is InChI=1S/C13H5B8ClN2O/c14-4-2-3-9(24-8(2)6(16)5(15)7(4)22)13(21,10(23)25)12(19,20)1-11(3,17)18/h24H,1H2,(H2,23,25). The summed E-state index contributed by atoms with van der Waals surface area (Å²) in [6.45, 7) is 0. The average Bonchev–Trinajstić information content (AvgIpc) is 2.89. The van der Waals surface area contributed by atoms with Crippen LogP contribution in [-0.2, 0) is 15.3 Å². The van der Waals surface area contributed by atoms with Crippen LogP contribution in [0.2, 0.25) is 10.2 Å².